The van der Waals surface area contributed by atoms with Crippen molar-refractivity contribution in [2.45, 2.75) is 26.7 Å². The molecule has 20 heavy (non-hydrogen) atoms. The summed E-state index contributed by atoms with van der Waals surface area (Å²) in [6.45, 7) is 3.71. The fraction of sp³-hybridized carbons (Fsp3) is 0.286. The third kappa shape index (κ3) is 3.09. The maximum atomic E-state index is 11.9. The van der Waals surface area contributed by atoms with Crippen LogP contribution in [0.25, 0.3) is 0 Å². The Morgan fingerprint density at radius 3 is 2.85 bits per heavy atom. The van der Waals surface area contributed by atoms with Gasteiger partial charge in [-0.25, -0.2) is 4.68 Å². The van der Waals surface area contributed by atoms with E-state index in [9.17, 15) is 9.59 Å². The highest BCUT2D eigenvalue weighted by Gasteiger charge is 2.13. The number of amides is 1. The molecule has 0 radical (unpaired) electrons. The Hall–Kier alpha value is -2.50. The van der Waals surface area contributed by atoms with E-state index in [0.29, 0.717) is 23.5 Å². The number of nitrogens with zero attached hydrogens (tertiary/aromatic N) is 3. The zero-order valence-electron chi connectivity index (χ0n) is 11.5. The summed E-state index contributed by atoms with van der Waals surface area (Å²) in [5.74, 6) is -0.0154. The minimum Gasteiger partial charge on any atom is -0.305 e. The summed E-state index contributed by atoms with van der Waals surface area (Å²) in [4.78, 5) is 27.6. The Labute approximate surface area is 116 Å². The van der Waals surface area contributed by atoms with Crippen LogP contribution in [0.3, 0.4) is 0 Å². The van der Waals surface area contributed by atoms with Crippen molar-refractivity contribution in [3.63, 3.8) is 0 Å². The van der Waals surface area contributed by atoms with Crippen LogP contribution in [-0.2, 0) is 0 Å². The maximum absolute atomic E-state index is 11.9. The lowest BCUT2D eigenvalue weighted by molar-refractivity contribution is 0.0882. The Bertz CT molecular complexity index is 619. The fourth-order valence-electron chi connectivity index (χ4n) is 1.79. The summed E-state index contributed by atoms with van der Waals surface area (Å²) in [5.41, 5.74) is 1.14. The first-order valence-corrected chi connectivity index (χ1v) is 6.43. The molecule has 0 spiro atoms. The SMILES string of the molecule is CCCC(=O)n1nc(NC(=O)c2cccnc2)cc1C. The third-order valence-corrected chi connectivity index (χ3v) is 2.75. The van der Waals surface area contributed by atoms with Gasteiger partial charge in [-0.1, -0.05) is 6.92 Å². The molecule has 0 unspecified atom stereocenters. The number of hydrogen-bond acceptors (Lipinski definition) is 4. The topological polar surface area (TPSA) is 76.9 Å². The average Bonchev–Trinajstić information content (AvgIpc) is 2.81. The molecule has 0 aromatic carbocycles. The number of anilines is 1. The monoisotopic (exact) mass is 272 g/mol. The highest BCUT2D eigenvalue weighted by atomic mass is 16.2. The predicted molar refractivity (Wildman–Crippen MR) is 74.7 cm³/mol. The normalized spacial score (nSPS) is 10.3. The third-order valence-electron chi connectivity index (χ3n) is 2.75. The summed E-state index contributed by atoms with van der Waals surface area (Å²) in [6, 6.07) is 5.01. The number of pyridine rings is 1. The highest BCUT2D eigenvalue weighted by molar-refractivity contribution is 6.03. The van der Waals surface area contributed by atoms with Crippen LogP contribution >= 0.6 is 0 Å². The van der Waals surface area contributed by atoms with Gasteiger partial charge in [0.05, 0.1) is 5.56 Å². The Morgan fingerprint density at radius 1 is 1.40 bits per heavy atom. The van der Waals surface area contributed by atoms with Gasteiger partial charge in [-0.2, -0.15) is 0 Å². The maximum Gasteiger partial charge on any atom is 0.258 e. The van der Waals surface area contributed by atoms with E-state index in [4.69, 9.17) is 0 Å². The van der Waals surface area contributed by atoms with Crippen molar-refractivity contribution in [3.05, 3.63) is 41.9 Å². The predicted octanol–water partition coefficient (Wildman–Crippen LogP) is 2.28. The molecule has 0 saturated carbocycles. The minimum absolute atomic E-state index is 0.0770. The second-order valence-corrected chi connectivity index (χ2v) is 4.42. The quantitative estimate of drug-likeness (QED) is 0.926. The van der Waals surface area contributed by atoms with Crippen molar-refractivity contribution in [2.75, 3.05) is 5.32 Å². The summed E-state index contributed by atoms with van der Waals surface area (Å²) in [7, 11) is 0. The number of carbonyl (C=O) groups excluding carboxylic acids is 2. The molecule has 6 nitrogen and oxygen atoms in total. The second kappa shape index (κ2) is 6.10. The van der Waals surface area contributed by atoms with Gasteiger partial charge in [0.2, 0.25) is 5.91 Å². The van der Waals surface area contributed by atoms with E-state index in [-0.39, 0.29) is 11.8 Å². The van der Waals surface area contributed by atoms with Crippen LogP contribution < -0.4 is 5.32 Å². The standard InChI is InChI=1S/C14H16N4O2/c1-3-5-13(19)18-10(2)8-12(17-18)16-14(20)11-6-4-7-15-9-11/h4,6-9H,3,5H2,1-2H3,(H,16,17,20). The van der Waals surface area contributed by atoms with Crippen molar-refractivity contribution < 1.29 is 9.59 Å². The van der Waals surface area contributed by atoms with Gasteiger partial charge in [-0.15, -0.1) is 5.10 Å². The van der Waals surface area contributed by atoms with Gasteiger partial charge in [0, 0.05) is 30.6 Å². The lowest BCUT2D eigenvalue weighted by Gasteiger charge is -2.01. The molecule has 0 aliphatic heterocycles. The van der Waals surface area contributed by atoms with E-state index in [1.54, 1.807) is 31.3 Å². The van der Waals surface area contributed by atoms with Crippen LogP contribution in [0, 0.1) is 6.92 Å². The van der Waals surface area contributed by atoms with E-state index in [0.717, 1.165) is 6.42 Å². The summed E-state index contributed by atoms with van der Waals surface area (Å²) < 4.78 is 1.32. The van der Waals surface area contributed by atoms with Crippen LogP contribution in [-0.4, -0.2) is 26.6 Å². The molecule has 104 valence electrons. The molecule has 0 saturated heterocycles. The summed E-state index contributed by atoms with van der Waals surface area (Å²) in [6.07, 6.45) is 4.26. The fourth-order valence-corrected chi connectivity index (χ4v) is 1.79. The number of hydrogen-bond donors (Lipinski definition) is 1. The Morgan fingerprint density at radius 2 is 2.20 bits per heavy atom. The van der Waals surface area contributed by atoms with E-state index in [1.165, 1.54) is 10.9 Å². The molecule has 0 aliphatic carbocycles. The smallest absolute Gasteiger partial charge is 0.258 e. The number of rotatable bonds is 4. The number of nitrogens with one attached hydrogen (secondary N) is 1. The van der Waals surface area contributed by atoms with Gasteiger partial charge in [-0.3, -0.25) is 14.6 Å². The van der Waals surface area contributed by atoms with Gasteiger partial charge < -0.3 is 5.32 Å². The molecule has 1 N–H and O–H groups in total. The van der Waals surface area contributed by atoms with Crippen molar-refractivity contribution in [1.82, 2.24) is 14.8 Å². The number of carbonyl (C=O) groups is 2. The largest absolute Gasteiger partial charge is 0.305 e. The molecule has 0 bridgehead atoms. The molecular formula is C14H16N4O2. The molecular weight excluding hydrogens is 256 g/mol. The van der Waals surface area contributed by atoms with E-state index < -0.39 is 0 Å². The van der Waals surface area contributed by atoms with Crippen molar-refractivity contribution in [1.29, 1.82) is 0 Å². The Kier molecular flexibility index (Phi) is 4.24. The molecule has 0 aliphatic rings. The van der Waals surface area contributed by atoms with Gasteiger partial charge in [0.1, 0.15) is 0 Å². The summed E-state index contributed by atoms with van der Waals surface area (Å²) >= 11 is 0. The first-order chi connectivity index (χ1) is 9.61. The van der Waals surface area contributed by atoms with Gasteiger partial charge in [0.25, 0.3) is 5.91 Å². The van der Waals surface area contributed by atoms with Crippen molar-refractivity contribution in [3.8, 4) is 0 Å². The van der Waals surface area contributed by atoms with Gasteiger partial charge in [-0.05, 0) is 25.5 Å². The lowest BCUT2D eigenvalue weighted by Crippen LogP contribution is -2.15. The lowest BCUT2D eigenvalue weighted by atomic mass is 10.3. The minimum atomic E-state index is -0.300. The van der Waals surface area contributed by atoms with Crippen LogP contribution in [0.4, 0.5) is 5.82 Å². The number of aromatic nitrogens is 3. The van der Waals surface area contributed by atoms with Crippen LogP contribution in [0.1, 0.15) is 40.6 Å². The zero-order chi connectivity index (χ0) is 14.5. The summed E-state index contributed by atoms with van der Waals surface area (Å²) in [5, 5.41) is 6.76. The molecule has 2 heterocycles. The molecule has 2 rings (SSSR count). The second-order valence-electron chi connectivity index (χ2n) is 4.42. The molecule has 2 aromatic heterocycles. The highest BCUT2D eigenvalue weighted by Crippen LogP contribution is 2.11. The van der Waals surface area contributed by atoms with Crippen LogP contribution in [0.5, 0.6) is 0 Å². The van der Waals surface area contributed by atoms with Crippen LogP contribution in [0.2, 0.25) is 0 Å². The molecule has 0 fully saturated rings. The molecule has 0 atom stereocenters. The molecule has 6 heteroatoms. The van der Waals surface area contributed by atoms with Gasteiger partial charge in [0.15, 0.2) is 5.82 Å². The van der Waals surface area contributed by atoms with Gasteiger partial charge >= 0.3 is 0 Å². The van der Waals surface area contributed by atoms with E-state index in [1.807, 2.05) is 6.92 Å². The van der Waals surface area contributed by atoms with Crippen LogP contribution in [0.15, 0.2) is 30.6 Å². The average molecular weight is 272 g/mol. The molecule has 2 aromatic rings. The van der Waals surface area contributed by atoms with E-state index >= 15 is 0 Å². The Balaban J connectivity index is 2.13. The first-order valence-electron chi connectivity index (χ1n) is 6.43. The first kappa shape index (κ1) is 13.9. The van der Waals surface area contributed by atoms with Crippen molar-refractivity contribution in [2.24, 2.45) is 0 Å². The zero-order valence-corrected chi connectivity index (χ0v) is 11.5. The van der Waals surface area contributed by atoms with Crippen molar-refractivity contribution >= 4 is 17.6 Å². The number of aryl methyl sites for hydroxylation is 1. The van der Waals surface area contributed by atoms with E-state index in [2.05, 4.69) is 15.4 Å². The molecule has 1 amide bonds.